The van der Waals surface area contributed by atoms with Crippen LogP contribution in [0.4, 0.5) is 0 Å². The lowest BCUT2D eigenvalue weighted by Crippen LogP contribution is -2.33. The molecule has 3 heteroatoms. The van der Waals surface area contributed by atoms with Crippen LogP contribution >= 0.6 is 11.8 Å². The molecule has 2 nitrogen and oxygen atoms in total. The molecule has 1 aliphatic rings. The van der Waals surface area contributed by atoms with Crippen LogP contribution in [0.1, 0.15) is 31.9 Å². The van der Waals surface area contributed by atoms with Gasteiger partial charge in [-0.1, -0.05) is 12.1 Å². The van der Waals surface area contributed by atoms with Gasteiger partial charge in [0, 0.05) is 29.6 Å². The zero-order valence-corrected chi connectivity index (χ0v) is 12.6. The highest BCUT2D eigenvalue weighted by Gasteiger charge is 2.26. The van der Waals surface area contributed by atoms with Crippen LogP contribution < -0.4 is 5.32 Å². The summed E-state index contributed by atoms with van der Waals surface area (Å²) in [6, 6.07) is 10.7. The molecule has 100 valence electrons. The van der Waals surface area contributed by atoms with Crippen molar-refractivity contribution in [2.45, 2.75) is 43.3 Å². The molecule has 1 aromatic rings. The Bertz CT molecular complexity index is 367. The Balaban J connectivity index is 1.93. The van der Waals surface area contributed by atoms with Crippen molar-refractivity contribution < 1.29 is 0 Å². The SMILES string of the molecule is CSc1ccc(C(C)NC2CC(C)N(C)C2)cc1. The highest BCUT2D eigenvalue weighted by molar-refractivity contribution is 7.98. The molecule has 0 amide bonds. The third-order valence-corrected chi connectivity index (χ3v) is 4.73. The van der Waals surface area contributed by atoms with Gasteiger partial charge in [-0.3, -0.25) is 0 Å². The molecule has 0 radical (unpaired) electrons. The number of nitrogens with one attached hydrogen (secondary N) is 1. The van der Waals surface area contributed by atoms with Gasteiger partial charge in [0.2, 0.25) is 0 Å². The number of thioether (sulfide) groups is 1. The summed E-state index contributed by atoms with van der Waals surface area (Å²) in [5.41, 5.74) is 1.38. The average molecular weight is 264 g/mol. The molecule has 1 aromatic carbocycles. The average Bonchev–Trinajstić information content (AvgIpc) is 2.68. The third-order valence-electron chi connectivity index (χ3n) is 3.99. The van der Waals surface area contributed by atoms with Crippen LogP contribution in [0, 0.1) is 0 Å². The monoisotopic (exact) mass is 264 g/mol. The molecule has 0 bridgehead atoms. The smallest absolute Gasteiger partial charge is 0.0294 e. The first-order chi connectivity index (χ1) is 8.60. The van der Waals surface area contributed by atoms with E-state index in [4.69, 9.17) is 0 Å². The van der Waals surface area contributed by atoms with Crippen molar-refractivity contribution in [2.24, 2.45) is 0 Å². The maximum Gasteiger partial charge on any atom is 0.0294 e. The molecule has 1 saturated heterocycles. The molecule has 1 heterocycles. The van der Waals surface area contributed by atoms with Gasteiger partial charge in [0.15, 0.2) is 0 Å². The van der Waals surface area contributed by atoms with Crippen molar-refractivity contribution in [3.63, 3.8) is 0 Å². The molecular weight excluding hydrogens is 240 g/mol. The second kappa shape index (κ2) is 6.09. The molecule has 3 atom stereocenters. The zero-order valence-electron chi connectivity index (χ0n) is 11.8. The van der Waals surface area contributed by atoms with Crippen molar-refractivity contribution in [2.75, 3.05) is 19.8 Å². The molecule has 1 N–H and O–H groups in total. The highest BCUT2D eigenvalue weighted by atomic mass is 32.2. The van der Waals surface area contributed by atoms with Crippen LogP contribution in [0.25, 0.3) is 0 Å². The van der Waals surface area contributed by atoms with Crippen LogP contribution in [0.2, 0.25) is 0 Å². The lowest BCUT2D eigenvalue weighted by atomic mass is 10.1. The topological polar surface area (TPSA) is 15.3 Å². The lowest BCUT2D eigenvalue weighted by molar-refractivity contribution is 0.325. The van der Waals surface area contributed by atoms with Gasteiger partial charge in [0.05, 0.1) is 0 Å². The fourth-order valence-electron chi connectivity index (χ4n) is 2.66. The van der Waals surface area contributed by atoms with E-state index in [-0.39, 0.29) is 0 Å². The predicted molar refractivity (Wildman–Crippen MR) is 80.3 cm³/mol. The fraction of sp³-hybridized carbons (Fsp3) is 0.600. The van der Waals surface area contributed by atoms with E-state index in [2.05, 4.69) is 61.6 Å². The number of hydrogen-bond donors (Lipinski definition) is 1. The summed E-state index contributed by atoms with van der Waals surface area (Å²) in [6.45, 7) is 5.73. The molecule has 0 aromatic heterocycles. The highest BCUT2D eigenvalue weighted by Crippen LogP contribution is 2.22. The summed E-state index contributed by atoms with van der Waals surface area (Å²) in [5, 5.41) is 3.74. The minimum Gasteiger partial charge on any atom is -0.306 e. The molecule has 0 spiro atoms. The Morgan fingerprint density at radius 1 is 1.33 bits per heavy atom. The van der Waals surface area contributed by atoms with E-state index < -0.39 is 0 Å². The van der Waals surface area contributed by atoms with Crippen molar-refractivity contribution in [1.82, 2.24) is 10.2 Å². The van der Waals surface area contributed by atoms with Gasteiger partial charge in [-0.15, -0.1) is 11.8 Å². The number of benzene rings is 1. The summed E-state index contributed by atoms with van der Waals surface area (Å²) in [5.74, 6) is 0. The molecule has 18 heavy (non-hydrogen) atoms. The van der Waals surface area contributed by atoms with E-state index in [9.17, 15) is 0 Å². The molecule has 1 aliphatic heterocycles. The minimum atomic E-state index is 0.435. The summed E-state index contributed by atoms with van der Waals surface area (Å²) >= 11 is 1.80. The Kier molecular flexibility index (Phi) is 4.71. The first kappa shape index (κ1) is 13.9. The van der Waals surface area contributed by atoms with Gasteiger partial charge in [0.1, 0.15) is 0 Å². The Hall–Kier alpha value is -0.510. The lowest BCUT2D eigenvalue weighted by Gasteiger charge is -2.20. The first-order valence-electron chi connectivity index (χ1n) is 6.70. The number of hydrogen-bond acceptors (Lipinski definition) is 3. The van der Waals surface area contributed by atoms with Crippen LogP contribution in [-0.2, 0) is 0 Å². The quantitative estimate of drug-likeness (QED) is 0.841. The number of nitrogens with zero attached hydrogens (tertiary/aromatic N) is 1. The largest absolute Gasteiger partial charge is 0.306 e. The van der Waals surface area contributed by atoms with E-state index >= 15 is 0 Å². The fourth-order valence-corrected chi connectivity index (χ4v) is 3.07. The Labute approximate surface area is 115 Å². The zero-order chi connectivity index (χ0) is 13.1. The van der Waals surface area contributed by atoms with Crippen molar-refractivity contribution in [1.29, 1.82) is 0 Å². The third kappa shape index (κ3) is 3.28. The van der Waals surface area contributed by atoms with Crippen LogP contribution in [0.3, 0.4) is 0 Å². The minimum absolute atomic E-state index is 0.435. The molecule has 0 aliphatic carbocycles. The maximum absolute atomic E-state index is 3.74. The van der Waals surface area contributed by atoms with Crippen molar-refractivity contribution in [3.05, 3.63) is 29.8 Å². The number of rotatable bonds is 4. The van der Waals surface area contributed by atoms with Gasteiger partial charge >= 0.3 is 0 Å². The van der Waals surface area contributed by atoms with Crippen molar-refractivity contribution >= 4 is 11.8 Å². The summed E-state index contributed by atoms with van der Waals surface area (Å²) < 4.78 is 0. The Morgan fingerprint density at radius 3 is 2.50 bits per heavy atom. The van der Waals surface area contributed by atoms with E-state index in [1.165, 1.54) is 16.9 Å². The van der Waals surface area contributed by atoms with Crippen LogP contribution in [0.15, 0.2) is 29.2 Å². The van der Waals surface area contributed by atoms with Gasteiger partial charge in [0.25, 0.3) is 0 Å². The number of likely N-dealkylation sites (N-methyl/N-ethyl adjacent to an activating group) is 1. The summed E-state index contributed by atoms with van der Waals surface area (Å²) in [4.78, 5) is 3.77. The molecule has 2 rings (SSSR count). The summed E-state index contributed by atoms with van der Waals surface area (Å²) in [7, 11) is 2.21. The second-order valence-corrected chi connectivity index (χ2v) is 6.26. The van der Waals surface area contributed by atoms with E-state index in [1.54, 1.807) is 11.8 Å². The van der Waals surface area contributed by atoms with Crippen LogP contribution in [0.5, 0.6) is 0 Å². The van der Waals surface area contributed by atoms with E-state index in [0.29, 0.717) is 18.1 Å². The molecule has 1 fully saturated rings. The Morgan fingerprint density at radius 2 is 2.00 bits per heavy atom. The van der Waals surface area contributed by atoms with Crippen molar-refractivity contribution in [3.8, 4) is 0 Å². The molecular formula is C15H24N2S. The normalized spacial score (nSPS) is 26.4. The van der Waals surface area contributed by atoms with E-state index in [0.717, 1.165) is 6.54 Å². The van der Waals surface area contributed by atoms with E-state index in [1.807, 2.05) is 0 Å². The number of likely N-dealkylation sites (tertiary alicyclic amines) is 1. The maximum atomic E-state index is 3.74. The first-order valence-corrected chi connectivity index (χ1v) is 7.93. The van der Waals surface area contributed by atoms with Crippen LogP contribution in [-0.4, -0.2) is 36.8 Å². The standard InChI is InChI=1S/C15H24N2S/c1-11-9-14(10-17(11)3)16-12(2)13-5-7-15(18-4)8-6-13/h5-8,11-12,14,16H,9-10H2,1-4H3. The summed E-state index contributed by atoms with van der Waals surface area (Å²) in [6.07, 6.45) is 3.37. The van der Waals surface area contributed by atoms with Gasteiger partial charge in [-0.05, 0) is 51.3 Å². The molecule has 3 unspecified atom stereocenters. The second-order valence-electron chi connectivity index (χ2n) is 5.38. The van der Waals surface area contributed by atoms with Gasteiger partial charge in [-0.2, -0.15) is 0 Å². The van der Waals surface area contributed by atoms with Gasteiger partial charge < -0.3 is 10.2 Å². The predicted octanol–water partition coefficient (Wildman–Crippen LogP) is 3.15. The molecule has 0 saturated carbocycles. The van der Waals surface area contributed by atoms with Gasteiger partial charge in [-0.25, -0.2) is 0 Å².